The van der Waals surface area contributed by atoms with Crippen molar-refractivity contribution in [1.82, 2.24) is 14.5 Å². The standard InChI is InChI=1S/C19H15ClN4O4S2/c1-24(2)30(26,27)12-9-7-11(8-10-12)18-22-23-19(28-18)21-17(25)16-15(20)13-5-3-4-6-14(13)29-16/h3-10H,1-2H3,(H,21,23,25). The summed E-state index contributed by atoms with van der Waals surface area (Å²) in [6, 6.07) is 13.4. The van der Waals surface area contributed by atoms with Crippen molar-refractivity contribution in [3.05, 3.63) is 58.4 Å². The van der Waals surface area contributed by atoms with Crippen molar-refractivity contribution in [2.24, 2.45) is 0 Å². The Kier molecular flexibility index (Phi) is 5.33. The highest BCUT2D eigenvalue weighted by atomic mass is 35.5. The lowest BCUT2D eigenvalue weighted by Crippen LogP contribution is -2.22. The van der Waals surface area contributed by atoms with Gasteiger partial charge in [-0.2, -0.15) is 0 Å². The van der Waals surface area contributed by atoms with Crippen LogP contribution in [0.2, 0.25) is 5.02 Å². The highest BCUT2D eigenvalue weighted by Gasteiger charge is 2.20. The Labute approximate surface area is 181 Å². The minimum Gasteiger partial charge on any atom is -0.403 e. The molecule has 1 N–H and O–H groups in total. The summed E-state index contributed by atoms with van der Waals surface area (Å²) in [7, 11) is -0.619. The van der Waals surface area contributed by atoms with Crippen LogP contribution >= 0.6 is 22.9 Å². The van der Waals surface area contributed by atoms with Crippen LogP contribution in [0.15, 0.2) is 57.8 Å². The van der Waals surface area contributed by atoms with E-state index in [9.17, 15) is 13.2 Å². The molecule has 0 aliphatic heterocycles. The van der Waals surface area contributed by atoms with Gasteiger partial charge in [-0.1, -0.05) is 34.9 Å². The number of carbonyl (C=O) groups is 1. The van der Waals surface area contributed by atoms with Gasteiger partial charge in [0.1, 0.15) is 4.88 Å². The number of amides is 1. The Balaban J connectivity index is 1.54. The first-order valence-electron chi connectivity index (χ1n) is 8.62. The number of nitrogens with zero attached hydrogens (tertiary/aromatic N) is 3. The van der Waals surface area contributed by atoms with Crippen molar-refractivity contribution in [2.45, 2.75) is 4.90 Å². The molecule has 4 rings (SSSR count). The van der Waals surface area contributed by atoms with Crippen molar-refractivity contribution >= 4 is 55.0 Å². The van der Waals surface area contributed by atoms with Gasteiger partial charge in [-0.15, -0.1) is 16.4 Å². The summed E-state index contributed by atoms with van der Waals surface area (Å²) < 4.78 is 31.8. The Morgan fingerprint density at radius 1 is 1.10 bits per heavy atom. The van der Waals surface area contributed by atoms with Crippen LogP contribution in [-0.4, -0.2) is 42.9 Å². The van der Waals surface area contributed by atoms with Gasteiger partial charge >= 0.3 is 6.01 Å². The normalized spacial score (nSPS) is 11.9. The van der Waals surface area contributed by atoms with Crippen LogP contribution in [0.1, 0.15) is 9.67 Å². The van der Waals surface area contributed by atoms with E-state index >= 15 is 0 Å². The second-order valence-electron chi connectivity index (χ2n) is 6.42. The van der Waals surface area contributed by atoms with E-state index in [1.54, 1.807) is 12.1 Å². The van der Waals surface area contributed by atoms with Crippen LogP contribution in [0.4, 0.5) is 6.01 Å². The first kappa shape index (κ1) is 20.5. The zero-order valence-electron chi connectivity index (χ0n) is 15.8. The molecule has 11 heteroatoms. The van der Waals surface area contributed by atoms with Crippen LogP contribution in [0, 0.1) is 0 Å². The van der Waals surface area contributed by atoms with E-state index in [2.05, 4.69) is 15.5 Å². The molecule has 0 aliphatic carbocycles. The summed E-state index contributed by atoms with van der Waals surface area (Å²) in [4.78, 5) is 13.1. The molecule has 0 atom stereocenters. The lowest BCUT2D eigenvalue weighted by Gasteiger charge is -2.11. The van der Waals surface area contributed by atoms with Crippen molar-refractivity contribution in [2.75, 3.05) is 19.4 Å². The topological polar surface area (TPSA) is 105 Å². The van der Waals surface area contributed by atoms with Gasteiger partial charge in [0.25, 0.3) is 5.91 Å². The van der Waals surface area contributed by atoms with E-state index in [4.69, 9.17) is 16.0 Å². The van der Waals surface area contributed by atoms with Gasteiger partial charge in [0.2, 0.25) is 15.9 Å². The molecule has 0 saturated carbocycles. The minimum atomic E-state index is -3.53. The fourth-order valence-electron chi connectivity index (χ4n) is 2.68. The van der Waals surface area contributed by atoms with Crippen LogP contribution in [-0.2, 0) is 10.0 Å². The van der Waals surface area contributed by atoms with Crippen molar-refractivity contribution < 1.29 is 17.6 Å². The van der Waals surface area contributed by atoms with E-state index in [0.717, 1.165) is 14.4 Å². The lowest BCUT2D eigenvalue weighted by atomic mass is 10.2. The molecule has 8 nitrogen and oxygen atoms in total. The second-order valence-corrected chi connectivity index (χ2v) is 10.0. The third kappa shape index (κ3) is 3.70. The zero-order valence-corrected chi connectivity index (χ0v) is 18.2. The van der Waals surface area contributed by atoms with Gasteiger partial charge in [-0.25, -0.2) is 12.7 Å². The maximum absolute atomic E-state index is 12.6. The molecule has 0 radical (unpaired) electrons. The van der Waals surface area contributed by atoms with Crippen LogP contribution in [0.25, 0.3) is 21.5 Å². The average Bonchev–Trinajstić information content (AvgIpc) is 3.33. The summed E-state index contributed by atoms with van der Waals surface area (Å²) in [5.74, 6) is -0.314. The largest absolute Gasteiger partial charge is 0.403 e. The fourth-order valence-corrected chi connectivity index (χ4v) is 5.00. The molecule has 1 amide bonds. The highest BCUT2D eigenvalue weighted by Crippen LogP contribution is 2.35. The van der Waals surface area contributed by atoms with Gasteiger partial charge in [0, 0.05) is 29.7 Å². The molecule has 0 spiro atoms. The van der Waals surface area contributed by atoms with E-state index < -0.39 is 15.9 Å². The Bertz CT molecular complexity index is 1340. The van der Waals surface area contributed by atoms with Gasteiger partial charge in [-0.05, 0) is 30.3 Å². The van der Waals surface area contributed by atoms with E-state index in [1.807, 2.05) is 24.3 Å². The first-order valence-corrected chi connectivity index (χ1v) is 11.3. The molecule has 0 saturated heterocycles. The summed E-state index contributed by atoms with van der Waals surface area (Å²) in [5.41, 5.74) is 0.514. The Morgan fingerprint density at radius 3 is 2.47 bits per heavy atom. The SMILES string of the molecule is CN(C)S(=O)(=O)c1ccc(-c2nnc(NC(=O)c3sc4ccccc4c3Cl)o2)cc1. The van der Waals surface area contributed by atoms with Gasteiger partial charge in [0.05, 0.1) is 9.92 Å². The average molecular weight is 463 g/mol. The number of carbonyl (C=O) groups excluding carboxylic acids is 1. The van der Waals surface area contributed by atoms with Crippen molar-refractivity contribution in [3.63, 3.8) is 0 Å². The number of benzene rings is 2. The van der Waals surface area contributed by atoms with E-state index in [1.165, 1.54) is 37.6 Å². The van der Waals surface area contributed by atoms with Crippen molar-refractivity contribution in [3.8, 4) is 11.5 Å². The highest BCUT2D eigenvalue weighted by molar-refractivity contribution is 7.89. The number of halogens is 1. The maximum atomic E-state index is 12.6. The number of fused-ring (bicyclic) bond motifs is 1. The van der Waals surface area contributed by atoms with E-state index in [0.29, 0.717) is 15.5 Å². The molecule has 30 heavy (non-hydrogen) atoms. The molecule has 154 valence electrons. The number of hydrogen-bond donors (Lipinski definition) is 1. The zero-order chi connectivity index (χ0) is 21.5. The van der Waals surface area contributed by atoms with Gasteiger partial charge in [0.15, 0.2) is 0 Å². The van der Waals surface area contributed by atoms with Crippen LogP contribution < -0.4 is 5.32 Å². The number of thiophene rings is 1. The maximum Gasteiger partial charge on any atom is 0.322 e. The molecular weight excluding hydrogens is 448 g/mol. The Morgan fingerprint density at radius 2 is 1.80 bits per heavy atom. The number of hydrogen-bond acceptors (Lipinski definition) is 7. The number of sulfonamides is 1. The molecule has 0 bridgehead atoms. The predicted molar refractivity (Wildman–Crippen MR) is 115 cm³/mol. The predicted octanol–water partition coefficient (Wildman–Crippen LogP) is 4.11. The lowest BCUT2D eigenvalue weighted by molar-refractivity contribution is 0.102. The summed E-state index contributed by atoms with van der Waals surface area (Å²) >= 11 is 7.59. The summed E-state index contributed by atoms with van der Waals surface area (Å²) in [5, 5.41) is 11.4. The monoisotopic (exact) mass is 462 g/mol. The van der Waals surface area contributed by atoms with Gasteiger partial charge in [-0.3, -0.25) is 10.1 Å². The van der Waals surface area contributed by atoms with E-state index in [-0.39, 0.29) is 16.8 Å². The molecular formula is C19H15ClN4O4S2. The molecule has 0 fully saturated rings. The molecule has 0 aliphatic rings. The number of rotatable bonds is 5. The summed E-state index contributed by atoms with van der Waals surface area (Å²) in [6.07, 6.45) is 0. The van der Waals surface area contributed by atoms with Gasteiger partial charge < -0.3 is 4.42 Å². The Hall–Kier alpha value is -2.79. The van der Waals surface area contributed by atoms with Crippen LogP contribution in [0.3, 0.4) is 0 Å². The first-order chi connectivity index (χ1) is 14.3. The van der Waals surface area contributed by atoms with Crippen LogP contribution in [0.5, 0.6) is 0 Å². The number of nitrogens with one attached hydrogen (secondary N) is 1. The smallest absolute Gasteiger partial charge is 0.322 e. The third-order valence-electron chi connectivity index (χ3n) is 4.27. The molecule has 0 unspecified atom stereocenters. The molecule has 2 aromatic heterocycles. The number of aromatic nitrogens is 2. The quantitative estimate of drug-likeness (QED) is 0.478. The third-order valence-corrected chi connectivity index (χ3v) is 7.77. The summed E-state index contributed by atoms with van der Waals surface area (Å²) in [6.45, 7) is 0. The minimum absolute atomic E-state index is 0.0893. The fraction of sp³-hybridized carbons (Fsp3) is 0.105. The second kappa shape index (κ2) is 7.80. The number of anilines is 1. The van der Waals surface area contributed by atoms with Crippen molar-refractivity contribution in [1.29, 1.82) is 0 Å². The molecule has 2 aromatic carbocycles. The molecule has 4 aromatic rings. The molecule has 2 heterocycles.